The summed E-state index contributed by atoms with van der Waals surface area (Å²) in [6.07, 6.45) is 5.35. The van der Waals surface area contributed by atoms with Gasteiger partial charge in [0.15, 0.2) is 5.96 Å². The molecule has 0 saturated heterocycles. The van der Waals surface area contributed by atoms with Gasteiger partial charge in [-0.3, -0.25) is 19.4 Å². The first kappa shape index (κ1) is 33.3. The minimum absolute atomic E-state index is 0.000792. The average Bonchev–Trinajstić information content (AvgIpc) is 3.37. The number of rotatable bonds is 19. The van der Waals surface area contributed by atoms with Crippen LogP contribution in [0.3, 0.4) is 0 Å². The average molecular weight is 553 g/mol. The first-order valence-electron chi connectivity index (χ1n) is 13.1. The second-order valence-electron chi connectivity index (χ2n) is 9.77. The summed E-state index contributed by atoms with van der Waals surface area (Å²) in [4.78, 5) is 61.5. The van der Waals surface area contributed by atoms with E-state index in [1.165, 1.54) is 12.5 Å². The quantitative estimate of drug-likeness (QED) is 0.0519. The van der Waals surface area contributed by atoms with Gasteiger partial charge in [0.25, 0.3) is 0 Å². The number of aliphatic carboxylic acids is 1. The number of H-pyrrole nitrogens is 1. The van der Waals surface area contributed by atoms with Crippen molar-refractivity contribution in [2.45, 2.75) is 83.0 Å². The van der Waals surface area contributed by atoms with E-state index in [0.717, 1.165) is 0 Å². The number of carbonyl (C=O) groups excluding carboxylic acids is 3. The number of guanidine groups is 1. The number of aromatic amines is 1. The lowest BCUT2D eigenvalue weighted by Crippen LogP contribution is -2.57. The largest absolute Gasteiger partial charge is 0.480 e. The molecule has 0 saturated carbocycles. The van der Waals surface area contributed by atoms with Gasteiger partial charge in [0, 0.05) is 24.9 Å². The van der Waals surface area contributed by atoms with Crippen LogP contribution in [0, 0.1) is 5.92 Å². The van der Waals surface area contributed by atoms with Crippen LogP contribution in [0.1, 0.15) is 58.1 Å². The van der Waals surface area contributed by atoms with Crippen LogP contribution in [0.25, 0.3) is 0 Å². The fourth-order valence-corrected chi connectivity index (χ4v) is 3.75. The highest BCUT2D eigenvalue weighted by molar-refractivity contribution is 5.94. The van der Waals surface area contributed by atoms with E-state index in [1.807, 2.05) is 13.8 Å². The van der Waals surface area contributed by atoms with E-state index in [2.05, 4.69) is 30.9 Å². The number of aliphatic imine (C=N–C) groups is 1. The molecule has 0 aliphatic rings. The Kier molecular flexibility index (Phi) is 15.1. The van der Waals surface area contributed by atoms with E-state index in [4.69, 9.17) is 22.9 Å². The Morgan fingerprint density at radius 2 is 1.62 bits per heavy atom. The maximum absolute atomic E-state index is 13.3. The molecule has 1 aromatic rings. The normalized spacial score (nSPS) is 14.1. The standard InChI is InChI=1S/C24H44N10O5/c1-14(2)10-18(21(36)32-17(23(38)39)7-3-4-8-25)34-22(37)19(11-15-12-29-13-31-15)33-20(35)16(26)6-5-9-30-24(27)28/h12-14,16-19H,3-11,25-26H2,1-2H3,(H,29,31)(H,32,36)(H,33,35)(H,34,37)(H,38,39)(H4,27,28,30). The molecule has 13 N–H and O–H groups in total. The summed E-state index contributed by atoms with van der Waals surface area (Å²) < 4.78 is 0. The van der Waals surface area contributed by atoms with Crippen molar-refractivity contribution in [2.75, 3.05) is 13.1 Å². The molecule has 15 heteroatoms. The van der Waals surface area contributed by atoms with Crippen molar-refractivity contribution in [1.82, 2.24) is 25.9 Å². The second kappa shape index (κ2) is 17.7. The van der Waals surface area contributed by atoms with E-state index in [0.29, 0.717) is 38.0 Å². The number of unbranched alkanes of at least 4 members (excludes halogenated alkanes) is 1. The number of amides is 3. The zero-order chi connectivity index (χ0) is 29.4. The van der Waals surface area contributed by atoms with Gasteiger partial charge in [-0.25, -0.2) is 9.78 Å². The van der Waals surface area contributed by atoms with Gasteiger partial charge in [-0.1, -0.05) is 13.8 Å². The van der Waals surface area contributed by atoms with Gasteiger partial charge in [-0.15, -0.1) is 0 Å². The van der Waals surface area contributed by atoms with Crippen LogP contribution in [-0.2, 0) is 25.6 Å². The van der Waals surface area contributed by atoms with Gasteiger partial charge in [-0.2, -0.15) is 0 Å². The summed E-state index contributed by atoms with van der Waals surface area (Å²) in [5.74, 6) is -3.04. The summed E-state index contributed by atoms with van der Waals surface area (Å²) in [7, 11) is 0. The van der Waals surface area contributed by atoms with Crippen molar-refractivity contribution in [2.24, 2.45) is 33.8 Å². The molecule has 0 aromatic carbocycles. The van der Waals surface area contributed by atoms with Gasteiger partial charge in [0.2, 0.25) is 17.7 Å². The van der Waals surface area contributed by atoms with Crippen molar-refractivity contribution in [3.05, 3.63) is 18.2 Å². The molecule has 220 valence electrons. The first-order chi connectivity index (χ1) is 18.4. The Bertz CT molecular complexity index is 934. The van der Waals surface area contributed by atoms with Crippen LogP contribution < -0.4 is 38.9 Å². The van der Waals surface area contributed by atoms with E-state index >= 15 is 0 Å². The number of hydrogen-bond acceptors (Lipinski definition) is 8. The number of nitrogens with one attached hydrogen (secondary N) is 4. The maximum Gasteiger partial charge on any atom is 0.326 e. The third-order valence-electron chi connectivity index (χ3n) is 5.82. The highest BCUT2D eigenvalue weighted by atomic mass is 16.4. The molecule has 0 aliphatic heterocycles. The highest BCUT2D eigenvalue weighted by Gasteiger charge is 2.31. The Morgan fingerprint density at radius 3 is 2.18 bits per heavy atom. The SMILES string of the molecule is CC(C)CC(NC(=O)C(Cc1cnc[nH]1)NC(=O)C(N)CCCN=C(N)N)C(=O)NC(CCCCN)C(=O)O. The lowest BCUT2D eigenvalue weighted by molar-refractivity contribution is -0.142. The molecule has 1 rings (SSSR count). The third-order valence-corrected chi connectivity index (χ3v) is 5.82. The summed E-state index contributed by atoms with van der Waals surface area (Å²) in [5, 5.41) is 17.4. The number of nitrogens with zero attached hydrogens (tertiary/aromatic N) is 2. The number of carboxylic acids is 1. The predicted molar refractivity (Wildman–Crippen MR) is 146 cm³/mol. The Balaban J connectivity index is 2.97. The molecular weight excluding hydrogens is 508 g/mol. The first-order valence-corrected chi connectivity index (χ1v) is 13.1. The molecule has 1 heterocycles. The van der Waals surface area contributed by atoms with Gasteiger partial charge in [-0.05, 0) is 51.0 Å². The Hall–Kier alpha value is -3.72. The van der Waals surface area contributed by atoms with E-state index in [9.17, 15) is 24.3 Å². The molecule has 0 aliphatic carbocycles. The molecule has 0 radical (unpaired) electrons. The fraction of sp³-hybridized carbons (Fsp3) is 0.667. The van der Waals surface area contributed by atoms with Gasteiger partial charge < -0.3 is 49.0 Å². The number of carbonyl (C=O) groups is 4. The summed E-state index contributed by atoms with van der Waals surface area (Å²) in [6, 6.07) is -4.14. The van der Waals surface area contributed by atoms with Crippen LogP contribution in [0.15, 0.2) is 17.5 Å². The van der Waals surface area contributed by atoms with E-state index in [-0.39, 0.29) is 37.6 Å². The van der Waals surface area contributed by atoms with Crippen LogP contribution in [0.5, 0.6) is 0 Å². The molecule has 1 aromatic heterocycles. The Morgan fingerprint density at radius 1 is 0.974 bits per heavy atom. The van der Waals surface area contributed by atoms with Crippen molar-refractivity contribution >= 4 is 29.7 Å². The topological polar surface area (TPSA) is 270 Å². The fourth-order valence-electron chi connectivity index (χ4n) is 3.75. The molecule has 0 spiro atoms. The molecule has 15 nitrogen and oxygen atoms in total. The summed E-state index contributed by atoms with van der Waals surface area (Å²) in [6.45, 7) is 4.45. The number of carboxylic acid groups (broad SMARTS) is 1. The third kappa shape index (κ3) is 13.6. The van der Waals surface area contributed by atoms with Crippen LogP contribution in [0.2, 0.25) is 0 Å². The van der Waals surface area contributed by atoms with Crippen LogP contribution in [0.4, 0.5) is 0 Å². The van der Waals surface area contributed by atoms with E-state index < -0.39 is 47.9 Å². The lowest BCUT2D eigenvalue weighted by Gasteiger charge is -2.26. The highest BCUT2D eigenvalue weighted by Crippen LogP contribution is 2.09. The minimum atomic E-state index is -1.17. The van der Waals surface area contributed by atoms with Crippen molar-refractivity contribution < 1.29 is 24.3 Å². The molecule has 0 fully saturated rings. The Labute approximate surface area is 228 Å². The summed E-state index contributed by atoms with van der Waals surface area (Å²) in [5.41, 5.74) is 22.6. The van der Waals surface area contributed by atoms with Gasteiger partial charge in [0.05, 0.1) is 12.4 Å². The zero-order valence-electron chi connectivity index (χ0n) is 22.7. The zero-order valence-corrected chi connectivity index (χ0v) is 22.7. The van der Waals surface area contributed by atoms with Crippen molar-refractivity contribution in [1.29, 1.82) is 0 Å². The number of nitrogens with two attached hydrogens (primary N) is 4. The molecule has 39 heavy (non-hydrogen) atoms. The van der Waals surface area contributed by atoms with Crippen molar-refractivity contribution in [3.63, 3.8) is 0 Å². The number of aromatic nitrogens is 2. The van der Waals surface area contributed by atoms with Gasteiger partial charge >= 0.3 is 5.97 Å². The molecule has 4 unspecified atom stereocenters. The minimum Gasteiger partial charge on any atom is -0.480 e. The molecule has 0 bridgehead atoms. The summed E-state index contributed by atoms with van der Waals surface area (Å²) >= 11 is 0. The number of hydrogen-bond donors (Lipinski definition) is 9. The van der Waals surface area contributed by atoms with Crippen LogP contribution >= 0.6 is 0 Å². The lowest BCUT2D eigenvalue weighted by atomic mass is 10.0. The molecular formula is C24H44N10O5. The van der Waals surface area contributed by atoms with Gasteiger partial charge in [0.1, 0.15) is 18.1 Å². The van der Waals surface area contributed by atoms with Crippen molar-refractivity contribution in [3.8, 4) is 0 Å². The van der Waals surface area contributed by atoms with Crippen LogP contribution in [-0.4, -0.2) is 82.0 Å². The smallest absolute Gasteiger partial charge is 0.326 e. The predicted octanol–water partition coefficient (Wildman–Crippen LogP) is -1.95. The second-order valence-corrected chi connectivity index (χ2v) is 9.77. The van der Waals surface area contributed by atoms with E-state index in [1.54, 1.807) is 0 Å². The molecule has 3 amide bonds. The monoisotopic (exact) mass is 552 g/mol. The number of imidazole rings is 1. The maximum atomic E-state index is 13.3. The molecule has 4 atom stereocenters.